The van der Waals surface area contributed by atoms with Crippen LogP contribution in [0.4, 0.5) is 0 Å². The minimum absolute atomic E-state index is 0.247. The van der Waals surface area contributed by atoms with E-state index in [1.807, 2.05) is 6.92 Å². The Kier molecular flexibility index (Phi) is 6.70. The van der Waals surface area contributed by atoms with Gasteiger partial charge in [-0.1, -0.05) is 6.92 Å². The fourth-order valence-corrected chi connectivity index (χ4v) is 1.39. The Hall–Kier alpha value is -1.10. The van der Waals surface area contributed by atoms with E-state index in [1.54, 1.807) is 18.9 Å². The lowest BCUT2D eigenvalue weighted by Gasteiger charge is -2.23. The van der Waals surface area contributed by atoms with Crippen molar-refractivity contribution in [2.75, 3.05) is 20.2 Å². The number of carbonyl (C=O) groups excluding carboxylic acids is 2. The third-order valence-electron chi connectivity index (χ3n) is 2.22. The van der Waals surface area contributed by atoms with Gasteiger partial charge in [-0.25, -0.2) is 0 Å². The summed E-state index contributed by atoms with van der Waals surface area (Å²) in [5.74, 6) is -0.604. The van der Waals surface area contributed by atoms with Crippen molar-refractivity contribution < 1.29 is 14.3 Å². The minimum atomic E-state index is -0.358. The minimum Gasteiger partial charge on any atom is -0.466 e. The smallest absolute Gasteiger partial charge is 0.307 e. The summed E-state index contributed by atoms with van der Waals surface area (Å²) in [4.78, 5) is 23.8. The summed E-state index contributed by atoms with van der Waals surface area (Å²) in [5.41, 5.74) is 5.22. The largest absolute Gasteiger partial charge is 0.466 e. The number of rotatable bonds is 7. The number of likely N-dealkylation sites (N-methyl/N-ethyl adjacent to an activating group) is 1. The molecule has 0 bridgehead atoms. The number of hydrogen-bond acceptors (Lipinski definition) is 4. The Bertz CT molecular complexity index is 219. The molecule has 0 aliphatic carbocycles. The first-order valence-corrected chi connectivity index (χ1v) is 5.18. The second-order valence-electron chi connectivity index (χ2n) is 3.36. The molecule has 0 aliphatic heterocycles. The summed E-state index contributed by atoms with van der Waals surface area (Å²) in [7, 11) is 1.78. The summed E-state index contributed by atoms with van der Waals surface area (Å²) in [6.45, 7) is 4.52. The molecule has 1 amide bonds. The van der Waals surface area contributed by atoms with Gasteiger partial charge in [0.15, 0.2) is 0 Å². The van der Waals surface area contributed by atoms with Gasteiger partial charge in [0, 0.05) is 6.54 Å². The highest BCUT2D eigenvalue weighted by molar-refractivity contribution is 5.79. The lowest BCUT2D eigenvalue weighted by molar-refractivity contribution is -0.143. The van der Waals surface area contributed by atoms with E-state index in [0.717, 1.165) is 0 Å². The van der Waals surface area contributed by atoms with Crippen molar-refractivity contribution in [3.8, 4) is 0 Å². The molecule has 0 aromatic heterocycles. The Morgan fingerprint density at radius 1 is 1.40 bits per heavy atom. The van der Waals surface area contributed by atoms with Gasteiger partial charge < -0.3 is 10.5 Å². The van der Waals surface area contributed by atoms with Crippen molar-refractivity contribution in [2.45, 2.75) is 32.7 Å². The summed E-state index contributed by atoms with van der Waals surface area (Å²) in [5, 5.41) is 0. The predicted molar refractivity (Wildman–Crippen MR) is 57.2 cm³/mol. The number of nitrogens with two attached hydrogens (primary N) is 1. The molecule has 0 aromatic carbocycles. The topological polar surface area (TPSA) is 72.6 Å². The van der Waals surface area contributed by atoms with E-state index >= 15 is 0 Å². The van der Waals surface area contributed by atoms with Gasteiger partial charge in [0.25, 0.3) is 0 Å². The van der Waals surface area contributed by atoms with Gasteiger partial charge >= 0.3 is 5.97 Å². The number of amides is 1. The lowest BCUT2D eigenvalue weighted by Crippen LogP contribution is -2.42. The van der Waals surface area contributed by atoms with E-state index in [2.05, 4.69) is 0 Å². The number of esters is 1. The second-order valence-corrected chi connectivity index (χ2v) is 3.36. The molecule has 1 unspecified atom stereocenters. The van der Waals surface area contributed by atoms with E-state index in [-0.39, 0.29) is 24.3 Å². The summed E-state index contributed by atoms with van der Waals surface area (Å²) in [6.07, 6.45) is 0.933. The quantitative estimate of drug-likeness (QED) is 0.614. The second kappa shape index (κ2) is 7.23. The van der Waals surface area contributed by atoms with Gasteiger partial charge in [0.2, 0.25) is 5.91 Å². The maximum absolute atomic E-state index is 11.1. The van der Waals surface area contributed by atoms with Gasteiger partial charge in [0.1, 0.15) is 0 Å². The zero-order valence-corrected chi connectivity index (χ0v) is 9.66. The summed E-state index contributed by atoms with van der Waals surface area (Å²) in [6, 6.07) is -0.306. The average Bonchev–Trinajstić information content (AvgIpc) is 2.15. The molecule has 2 N–H and O–H groups in total. The maximum Gasteiger partial charge on any atom is 0.307 e. The average molecular weight is 216 g/mol. The molecule has 0 radical (unpaired) electrons. The normalized spacial score (nSPS) is 12.5. The Morgan fingerprint density at radius 3 is 2.40 bits per heavy atom. The standard InChI is InChI=1S/C10H20N2O3/c1-4-8(10(11)14)12(3)7-6-9(13)15-5-2/h8H,4-7H2,1-3H3,(H2,11,14). The van der Waals surface area contributed by atoms with Crippen molar-refractivity contribution in [3.63, 3.8) is 0 Å². The summed E-state index contributed by atoms with van der Waals surface area (Å²) < 4.78 is 4.78. The number of carbonyl (C=O) groups is 2. The molecule has 15 heavy (non-hydrogen) atoms. The first-order chi connectivity index (χ1) is 7.02. The zero-order valence-electron chi connectivity index (χ0n) is 9.66. The van der Waals surface area contributed by atoms with Gasteiger partial charge in [-0.2, -0.15) is 0 Å². The van der Waals surface area contributed by atoms with Gasteiger partial charge in [-0.15, -0.1) is 0 Å². The van der Waals surface area contributed by atoms with Crippen LogP contribution in [0.1, 0.15) is 26.7 Å². The van der Waals surface area contributed by atoms with E-state index < -0.39 is 0 Å². The van der Waals surface area contributed by atoms with Crippen molar-refractivity contribution >= 4 is 11.9 Å². The van der Waals surface area contributed by atoms with Crippen LogP contribution in [0.3, 0.4) is 0 Å². The Balaban J connectivity index is 3.95. The molecule has 5 nitrogen and oxygen atoms in total. The van der Waals surface area contributed by atoms with Crippen molar-refractivity contribution in [3.05, 3.63) is 0 Å². The first-order valence-electron chi connectivity index (χ1n) is 5.18. The molecule has 0 aromatic rings. The highest BCUT2D eigenvalue weighted by Gasteiger charge is 2.18. The third kappa shape index (κ3) is 5.37. The number of nitrogens with zero attached hydrogens (tertiary/aromatic N) is 1. The van der Waals surface area contributed by atoms with Crippen LogP contribution in [-0.4, -0.2) is 43.0 Å². The van der Waals surface area contributed by atoms with E-state index in [4.69, 9.17) is 10.5 Å². The van der Waals surface area contributed by atoms with Crippen LogP contribution in [0.15, 0.2) is 0 Å². The molecular formula is C10H20N2O3. The highest BCUT2D eigenvalue weighted by atomic mass is 16.5. The van der Waals surface area contributed by atoms with Gasteiger partial charge in [-0.3, -0.25) is 14.5 Å². The monoisotopic (exact) mass is 216 g/mol. The molecule has 5 heteroatoms. The van der Waals surface area contributed by atoms with Crippen LogP contribution in [0.25, 0.3) is 0 Å². The Morgan fingerprint density at radius 2 is 2.00 bits per heavy atom. The van der Waals surface area contributed by atoms with Crippen LogP contribution >= 0.6 is 0 Å². The van der Waals surface area contributed by atoms with E-state index in [0.29, 0.717) is 19.6 Å². The predicted octanol–water partition coefficient (Wildman–Crippen LogP) is 0.135. The molecule has 0 spiro atoms. The number of primary amides is 1. The van der Waals surface area contributed by atoms with Crippen LogP contribution < -0.4 is 5.73 Å². The van der Waals surface area contributed by atoms with Crippen molar-refractivity contribution in [2.24, 2.45) is 5.73 Å². The van der Waals surface area contributed by atoms with Gasteiger partial charge in [0.05, 0.1) is 19.1 Å². The van der Waals surface area contributed by atoms with Crippen LogP contribution in [-0.2, 0) is 14.3 Å². The SMILES string of the molecule is CCOC(=O)CCN(C)C(CC)C(N)=O. The molecule has 1 atom stereocenters. The number of hydrogen-bond donors (Lipinski definition) is 1. The van der Waals surface area contributed by atoms with E-state index in [9.17, 15) is 9.59 Å². The third-order valence-corrected chi connectivity index (χ3v) is 2.22. The molecule has 0 fully saturated rings. The molecular weight excluding hydrogens is 196 g/mol. The fraction of sp³-hybridized carbons (Fsp3) is 0.800. The number of ether oxygens (including phenoxy) is 1. The molecule has 0 saturated heterocycles. The molecule has 0 rings (SSSR count). The maximum atomic E-state index is 11.1. The van der Waals surface area contributed by atoms with Gasteiger partial charge in [-0.05, 0) is 20.4 Å². The first kappa shape index (κ1) is 13.9. The van der Waals surface area contributed by atoms with Crippen molar-refractivity contribution in [1.29, 1.82) is 0 Å². The lowest BCUT2D eigenvalue weighted by atomic mass is 10.2. The Labute approximate surface area is 90.6 Å². The fourth-order valence-electron chi connectivity index (χ4n) is 1.39. The molecule has 0 aliphatic rings. The molecule has 0 heterocycles. The summed E-state index contributed by atoms with van der Waals surface area (Å²) >= 11 is 0. The molecule has 88 valence electrons. The zero-order chi connectivity index (χ0) is 11.8. The highest BCUT2D eigenvalue weighted by Crippen LogP contribution is 2.02. The van der Waals surface area contributed by atoms with Crippen LogP contribution in [0.2, 0.25) is 0 Å². The van der Waals surface area contributed by atoms with E-state index in [1.165, 1.54) is 0 Å². The van der Waals surface area contributed by atoms with Crippen molar-refractivity contribution in [1.82, 2.24) is 4.90 Å². The van der Waals surface area contributed by atoms with Crippen LogP contribution in [0, 0.1) is 0 Å². The van der Waals surface area contributed by atoms with Crippen LogP contribution in [0.5, 0.6) is 0 Å². The molecule has 0 saturated carbocycles.